The molecule has 0 fully saturated rings. The molecule has 0 saturated carbocycles. The van der Waals surface area contributed by atoms with E-state index in [9.17, 15) is 4.79 Å². The maximum atomic E-state index is 12.0. The van der Waals surface area contributed by atoms with Gasteiger partial charge in [0.05, 0.1) is 11.8 Å². The topological polar surface area (TPSA) is 54.9 Å². The second-order valence-electron chi connectivity index (χ2n) is 5.06. The molecule has 3 aromatic rings. The SMILES string of the molecule is C#CCNC(=O)C(C)Sc1ncnc2sc(-c3ccccc3)cc12. The first kappa shape index (κ1) is 16.5. The van der Waals surface area contributed by atoms with E-state index in [0.29, 0.717) is 0 Å². The standard InChI is InChI=1S/C18H15N3OS2/c1-3-9-19-16(22)12(2)23-17-14-10-15(13-7-5-4-6-8-13)24-18(14)21-11-20-17/h1,4-8,10-12H,9H2,2H3,(H,19,22). The molecule has 0 saturated heterocycles. The van der Waals surface area contributed by atoms with Crippen LogP contribution in [-0.2, 0) is 4.79 Å². The summed E-state index contributed by atoms with van der Waals surface area (Å²) in [6, 6.07) is 12.2. The summed E-state index contributed by atoms with van der Waals surface area (Å²) in [6.07, 6.45) is 6.71. The Labute approximate surface area is 148 Å². The second-order valence-corrected chi connectivity index (χ2v) is 7.42. The molecule has 3 rings (SSSR count). The van der Waals surface area contributed by atoms with Gasteiger partial charge in [-0.25, -0.2) is 9.97 Å². The number of benzene rings is 1. The van der Waals surface area contributed by atoms with Crippen molar-refractivity contribution in [3.8, 4) is 22.8 Å². The van der Waals surface area contributed by atoms with Gasteiger partial charge < -0.3 is 5.32 Å². The van der Waals surface area contributed by atoms with Gasteiger partial charge in [-0.3, -0.25) is 4.79 Å². The minimum absolute atomic E-state index is 0.0942. The van der Waals surface area contributed by atoms with Gasteiger partial charge in [0.25, 0.3) is 0 Å². The molecule has 120 valence electrons. The van der Waals surface area contributed by atoms with Crippen LogP contribution in [0.15, 0.2) is 47.8 Å². The van der Waals surface area contributed by atoms with E-state index in [-0.39, 0.29) is 17.7 Å². The molecule has 1 N–H and O–H groups in total. The fourth-order valence-electron chi connectivity index (χ4n) is 2.18. The third kappa shape index (κ3) is 3.58. The van der Waals surface area contributed by atoms with Crippen molar-refractivity contribution in [3.05, 3.63) is 42.7 Å². The molecule has 0 bridgehead atoms. The van der Waals surface area contributed by atoms with Gasteiger partial charge in [-0.05, 0) is 18.6 Å². The summed E-state index contributed by atoms with van der Waals surface area (Å²) < 4.78 is 0. The minimum atomic E-state index is -0.281. The number of fused-ring (bicyclic) bond motifs is 1. The molecular weight excluding hydrogens is 338 g/mol. The lowest BCUT2D eigenvalue weighted by Gasteiger charge is -2.10. The molecule has 1 unspecified atom stereocenters. The van der Waals surface area contributed by atoms with Crippen molar-refractivity contribution in [1.82, 2.24) is 15.3 Å². The number of thioether (sulfide) groups is 1. The Bertz CT molecular complexity index is 900. The third-order valence-corrected chi connectivity index (χ3v) is 5.58. The van der Waals surface area contributed by atoms with E-state index in [0.717, 1.165) is 25.7 Å². The van der Waals surface area contributed by atoms with Crippen molar-refractivity contribution in [2.75, 3.05) is 6.54 Å². The molecule has 1 atom stereocenters. The number of aromatic nitrogens is 2. The summed E-state index contributed by atoms with van der Waals surface area (Å²) >= 11 is 3.04. The van der Waals surface area contributed by atoms with Gasteiger partial charge >= 0.3 is 0 Å². The fourth-order valence-corrected chi connectivity index (χ4v) is 4.16. The lowest BCUT2D eigenvalue weighted by atomic mass is 10.2. The van der Waals surface area contributed by atoms with Crippen molar-refractivity contribution in [2.45, 2.75) is 17.2 Å². The van der Waals surface area contributed by atoms with Crippen LogP contribution in [-0.4, -0.2) is 27.7 Å². The summed E-state index contributed by atoms with van der Waals surface area (Å²) in [5.74, 6) is 2.31. The summed E-state index contributed by atoms with van der Waals surface area (Å²) in [5, 5.41) is 4.20. The van der Waals surface area contributed by atoms with Gasteiger partial charge in [-0.1, -0.05) is 48.0 Å². The zero-order valence-electron chi connectivity index (χ0n) is 13.0. The summed E-state index contributed by atoms with van der Waals surface area (Å²) in [7, 11) is 0. The number of thiophene rings is 1. The molecule has 1 amide bonds. The lowest BCUT2D eigenvalue weighted by Crippen LogP contribution is -2.31. The fraction of sp³-hybridized carbons (Fsp3) is 0.167. The van der Waals surface area contributed by atoms with E-state index in [1.807, 2.05) is 25.1 Å². The zero-order valence-corrected chi connectivity index (χ0v) is 14.7. The highest BCUT2D eigenvalue weighted by Crippen LogP contribution is 2.37. The van der Waals surface area contributed by atoms with Crippen molar-refractivity contribution in [1.29, 1.82) is 0 Å². The Morgan fingerprint density at radius 2 is 2.17 bits per heavy atom. The lowest BCUT2D eigenvalue weighted by molar-refractivity contribution is -0.120. The molecular formula is C18H15N3OS2. The molecule has 0 aliphatic carbocycles. The quantitative estimate of drug-likeness (QED) is 0.433. The Hall–Kier alpha value is -2.36. The summed E-state index contributed by atoms with van der Waals surface area (Å²) in [6.45, 7) is 2.08. The maximum Gasteiger partial charge on any atom is 0.234 e. The molecule has 6 heteroatoms. The average Bonchev–Trinajstić information content (AvgIpc) is 3.05. The van der Waals surface area contributed by atoms with Crippen LogP contribution in [0.5, 0.6) is 0 Å². The highest BCUT2D eigenvalue weighted by Gasteiger charge is 2.17. The van der Waals surface area contributed by atoms with E-state index in [2.05, 4.69) is 39.4 Å². The maximum absolute atomic E-state index is 12.0. The zero-order chi connectivity index (χ0) is 16.9. The van der Waals surface area contributed by atoms with Crippen molar-refractivity contribution < 1.29 is 4.79 Å². The number of hydrogen-bond donors (Lipinski definition) is 1. The number of nitrogens with one attached hydrogen (secondary N) is 1. The average molecular weight is 353 g/mol. The van der Waals surface area contributed by atoms with Crippen LogP contribution in [0, 0.1) is 12.3 Å². The molecule has 0 spiro atoms. The number of rotatable bonds is 5. The van der Waals surface area contributed by atoms with Gasteiger partial charge in [0.15, 0.2) is 0 Å². The Balaban J connectivity index is 1.88. The number of carbonyl (C=O) groups excluding carboxylic acids is 1. The van der Waals surface area contributed by atoms with Crippen LogP contribution < -0.4 is 5.32 Å². The van der Waals surface area contributed by atoms with Crippen LogP contribution in [0.4, 0.5) is 0 Å². The van der Waals surface area contributed by atoms with Crippen LogP contribution in [0.25, 0.3) is 20.7 Å². The van der Waals surface area contributed by atoms with E-state index < -0.39 is 0 Å². The molecule has 1 aromatic carbocycles. The molecule has 0 aliphatic rings. The Kier molecular flexibility index (Phi) is 5.14. The highest BCUT2D eigenvalue weighted by atomic mass is 32.2. The number of amides is 1. The Morgan fingerprint density at radius 3 is 2.92 bits per heavy atom. The van der Waals surface area contributed by atoms with Crippen molar-refractivity contribution in [3.63, 3.8) is 0 Å². The second kappa shape index (κ2) is 7.47. The van der Waals surface area contributed by atoms with Crippen LogP contribution in [0.1, 0.15) is 6.92 Å². The predicted octanol–water partition coefficient (Wildman–Crippen LogP) is 3.59. The number of hydrogen-bond acceptors (Lipinski definition) is 5. The molecule has 2 aromatic heterocycles. The largest absolute Gasteiger partial charge is 0.344 e. The molecule has 2 heterocycles. The first-order valence-electron chi connectivity index (χ1n) is 7.37. The van der Waals surface area contributed by atoms with E-state index >= 15 is 0 Å². The van der Waals surface area contributed by atoms with E-state index in [4.69, 9.17) is 6.42 Å². The molecule has 24 heavy (non-hydrogen) atoms. The smallest absolute Gasteiger partial charge is 0.234 e. The van der Waals surface area contributed by atoms with Gasteiger partial charge in [-0.2, -0.15) is 0 Å². The minimum Gasteiger partial charge on any atom is -0.344 e. The van der Waals surface area contributed by atoms with E-state index in [1.165, 1.54) is 11.8 Å². The normalized spacial score (nSPS) is 11.8. The third-order valence-electron chi connectivity index (χ3n) is 3.37. The number of carbonyl (C=O) groups is 1. The van der Waals surface area contributed by atoms with Crippen LogP contribution >= 0.6 is 23.1 Å². The number of terminal acetylenes is 1. The van der Waals surface area contributed by atoms with Gasteiger partial charge in [-0.15, -0.1) is 17.8 Å². The van der Waals surface area contributed by atoms with E-state index in [1.54, 1.807) is 17.7 Å². The number of nitrogens with zero attached hydrogens (tertiary/aromatic N) is 2. The molecule has 0 aliphatic heterocycles. The van der Waals surface area contributed by atoms with Crippen LogP contribution in [0.3, 0.4) is 0 Å². The monoisotopic (exact) mass is 353 g/mol. The van der Waals surface area contributed by atoms with Crippen LogP contribution in [0.2, 0.25) is 0 Å². The summed E-state index contributed by atoms with van der Waals surface area (Å²) in [4.78, 5) is 22.8. The first-order valence-corrected chi connectivity index (χ1v) is 9.06. The van der Waals surface area contributed by atoms with Gasteiger partial charge in [0, 0.05) is 10.3 Å². The molecule has 0 radical (unpaired) electrons. The van der Waals surface area contributed by atoms with Gasteiger partial charge in [0.1, 0.15) is 16.2 Å². The van der Waals surface area contributed by atoms with Gasteiger partial charge in [0.2, 0.25) is 5.91 Å². The predicted molar refractivity (Wildman–Crippen MR) is 100 cm³/mol. The van der Waals surface area contributed by atoms with Crippen molar-refractivity contribution in [2.24, 2.45) is 0 Å². The first-order chi connectivity index (χ1) is 11.7. The Morgan fingerprint density at radius 1 is 1.38 bits per heavy atom. The van der Waals surface area contributed by atoms with Crippen molar-refractivity contribution >= 4 is 39.2 Å². The summed E-state index contributed by atoms with van der Waals surface area (Å²) in [5.41, 5.74) is 1.15. The highest BCUT2D eigenvalue weighted by molar-refractivity contribution is 8.00. The molecule has 4 nitrogen and oxygen atoms in total.